The van der Waals surface area contributed by atoms with Crippen molar-refractivity contribution in [1.82, 2.24) is 10.2 Å². The second kappa shape index (κ2) is 14.6. The van der Waals surface area contributed by atoms with Crippen LogP contribution in [0.5, 0.6) is 0 Å². The minimum atomic E-state index is -0.699. The van der Waals surface area contributed by atoms with Gasteiger partial charge in [0.2, 0.25) is 5.91 Å². The molecule has 10 heteroatoms. The van der Waals surface area contributed by atoms with Gasteiger partial charge in [0.05, 0.1) is 38.3 Å². The van der Waals surface area contributed by atoms with E-state index in [1.807, 2.05) is 41.5 Å². The normalized spacial score (nSPS) is 13.2. The summed E-state index contributed by atoms with van der Waals surface area (Å²) in [4.78, 5) is 38.2. The Hall–Kier alpha value is -1.81. The van der Waals surface area contributed by atoms with Gasteiger partial charge in [0.15, 0.2) is 0 Å². The van der Waals surface area contributed by atoms with Crippen LogP contribution in [-0.2, 0) is 28.5 Å². The van der Waals surface area contributed by atoms with Crippen molar-refractivity contribution in [3.8, 4) is 0 Å². The van der Waals surface area contributed by atoms with Gasteiger partial charge >= 0.3 is 12.1 Å². The lowest BCUT2D eigenvalue weighted by molar-refractivity contribution is -0.149. The number of nitrogens with one attached hydrogen (secondary N) is 1. The Kier molecular flexibility index (Phi) is 13.8. The maximum atomic E-state index is 12.4. The van der Waals surface area contributed by atoms with Gasteiger partial charge in [-0.1, -0.05) is 6.92 Å². The number of ether oxygens (including phenoxy) is 4. The molecule has 196 valence electrons. The summed E-state index contributed by atoms with van der Waals surface area (Å²) < 4.78 is 22.3. The third kappa shape index (κ3) is 16.8. The Balaban J connectivity index is 5.35. The van der Waals surface area contributed by atoms with E-state index >= 15 is 0 Å². The third-order valence-electron chi connectivity index (χ3n) is 4.39. The van der Waals surface area contributed by atoms with Crippen LogP contribution in [0.15, 0.2) is 0 Å². The number of carbonyl (C=O) groups excluding carboxylic acids is 3. The first-order valence-corrected chi connectivity index (χ1v) is 11.9. The average Bonchev–Trinajstić information content (AvgIpc) is 2.66. The average molecular weight is 484 g/mol. The van der Waals surface area contributed by atoms with E-state index in [0.29, 0.717) is 19.4 Å². The summed E-state index contributed by atoms with van der Waals surface area (Å²) in [7, 11) is 5.54. The Morgan fingerprint density at radius 1 is 0.941 bits per heavy atom. The monoisotopic (exact) mass is 484 g/mol. The van der Waals surface area contributed by atoms with E-state index < -0.39 is 35.2 Å². The van der Waals surface area contributed by atoms with Crippen molar-refractivity contribution in [2.24, 2.45) is 0 Å². The molecule has 2 amide bonds. The number of nitrogens with zero attached hydrogens (tertiary/aromatic N) is 1. The molecule has 0 heterocycles. The zero-order valence-corrected chi connectivity index (χ0v) is 22.6. The lowest BCUT2D eigenvalue weighted by Gasteiger charge is -2.32. The predicted octanol–water partition coefficient (Wildman–Crippen LogP) is 3.25. The molecule has 9 nitrogen and oxygen atoms in total. The van der Waals surface area contributed by atoms with Crippen molar-refractivity contribution < 1.29 is 33.3 Å². The number of hydrogen-bond acceptors (Lipinski definition) is 7. The first kappa shape index (κ1) is 32.2. The molecule has 0 aromatic carbocycles. The molecule has 0 rings (SSSR count). The minimum absolute atomic E-state index is 0.00503. The molecule has 0 saturated carbocycles. The Morgan fingerprint density at radius 2 is 1.56 bits per heavy atom. The van der Waals surface area contributed by atoms with Crippen molar-refractivity contribution in [3.05, 3.63) is 0 Å². The minimum Gasteiger partial charge on any atom is -0.464 e. The van der Waals surface area contributed by atoms with Gasteiger partial charge in [0.1, 0.15) is 12.1 Å². The highest BCUT2D eigenvalue weighted by atomic mass is 16.6. The van der Waals surface area contributed by atoms with E-state index in [2.05, 4.69) is 5.32 Å². The first-order chi connectivity index (χ1) is 15.5. The molecular formula is C24H45BN2O7. The molecule has 0 aliphatic rings. The quantitative estimate of drug-likeness (QED) is 0.298. The smallest absolute Gasteiger partial charge is 0.408 e. The van der Waals surface area contributed by atoms with E-state index in [-0.39, 0.29) is 38.2 Å². The lowest BCUT2D eigenvalue weighted by Crippen LogP contribution is -2.51. The molecule has 34 heavy (non-hydrogen) atoms. The molecule has 1 unspecified atom stereocenters. The second-order valence-electron chi connectivity index (χ2n) is 10.8. The molecule has 1 N–H and O–H groups in total. The van der Waals surface area contributed by atoms with Crippen LogP contribution < -0.4 is 5.32 Å². The summed E-state index contributed by atoms with van der Waals surface area (Å²) in [5.74, 6) is -0.984. The zero-order chi connectivity index (χ0) is 26.6. The van der Waals surface area contributed by atoms with Crippen molar-refractivity contribution in [2.75, 3.05) is 32.9 Å². The SMILES string of the molecule is [B]CC(=O)N(CC(=O)OCCC)CC(COC(C)(C)CCOC(C)(C)C)NC(=O)OC(C)(C)C. The van der Waals surface area contributed by atoms with E-state index in [1.54, 1.807) is 20.8 Å². The summed E-state index contributed by atoms with van der Waals surface area (Å²) >= 11 is 0. The molecule has 0 aromatic rings. The lowest BCUT2D eigenvalue weighted by atomic mass is 10.0. The Labute approximate surface area is 207 Å². The molecule has 0 aliphatic heterocycles. The maximum absolute atomic E-state index is 12.4. The van der Waals surface area contributed by atoms with Gasteiger partial charge in [-0.25, -0.2) is 4.79 Å². The van der Waals surface area contributed by atoms with Crippen molar-refractivity contribution in [3.63, 3.8) is 0 Å². The molecule has 0 spiro atoms. The van der Waals surface area contributed by atoms with Crippen LogP contribution in [0.25, 0.3) is 0 Å². The van der Waals surface area contributed by atoms with Crippen LogP contribution in [0.4, 0.5) is 4.79 Å². The highest BCUT2D eigenvalue weighted by Gasteiger charge is 2.28. The second-order valence-corrected chi connectivity index (χ2v) is 10.8. The van der Waals surface area contributed by atoms with Gasteiger partial charge in [-0.2, -0.15) is 0 Å². The van der Waals surface area contributed by atoms with Crippen molar-refractivity contribution in [2.45, 2.75) is 104 Å². The summed E-state index contributed by atoms with van der Waals surface area (Å²) in [5.41, 5.74) is -1.51. The number of carbonyl (C=O) groups is 3. The summed E-state index contributed by atoms with van der Waals surface area (Å²) in [5, 5.41) is 2.75. The van der Waals surface area contributed by atoms with Crippen LogP contribution >= 0.6 is 0 Å². The number of esters is 1. The molecule has 0 bridgehead atoms. The van der Waals surface area contributed by atoms with Gasteiger partial charge in [-0.3, -0.25) is 9.59 Å². The van der Waals surface area contributed by atoms with Crippen molar-refractivity contribution in [1.29, 1.82) is 0 Å². The van der Waals surface area contributed by atoms with E-state index in [4.69, 9.17) is 26.8 Å². The van der Waals surface area contributed by atoms with Crippen LogP contribution in [-0.4, -0.2) is 86.5 Å². The van der Waals surface area contributed by atoms with Gasteiger partial charge < -0.3 is 29.2 Å². The maximum Gasteiger partial charge on any atom is 0.408 e. The summed E-state index contributed by atoms with van der Waals surface area (Å²) in [6.45, 7) is 17.5. The van der Waals surface area contributed by atoms with E-state index in [9.17, 15) is 14.4 Å². The molecule has 0 fully saturated rings. The van der Waals surface area contributed by atoms with Gasteiger partial charge in [0.25, 0.3) is 0 Å². The fourth-order valence-corrected chi connectivity index (χ4v) is 2.68. The predicted molar refractivity (Wildman–Crippen MR) is 132 cm³/mol. The highest BCUT2D eigenvalue weighted by Crippen LogP contribution is 2.18. The molecule has 2 radical (unpaired) electrons. The topological polar surface area (TPSA) is 103 Å². The fraction of sp³-hybridized carbons (Fsp3) is 0.875. The van der Waals surface area contributed by atoms with Gasteiger partial charge in [-0.15, -0.1) is 0 Å². The molecule has 1 atom stereocenters. The van der Waals surface area contributed by atoms with E-state index in [1.165, 1.54) is 4.90 Å². The van der Waals surface area contributed by atoms with Crippen LogP contribution in [0, 0.1) is 0 Å². The fourth-order valence-electron chi connectivity index (χ4n) is 2.68. The number of alkyl carbamates (subject to hydrolysis) is 1. The summed E-state index contributed by atoms with van der Waals surface area (Å²) in [6, 6.07) is -0.646. The van der Waals surface area contributed by atoms with Gasteiger partial charge in [0, 0.05) is 13.2 Å². The first-order valence-electron chi connectivity index (χ1n) is 11.9. The highest BCUT2D eigenvalue weighted by molar-refractivity contribution is 6.19. The van der Waals surface area contributed by atoms with Crippen LogP contribution in [0.3, 0.4) is 0 Å². The Morgan fingerprint density at radius 3 is 2.06 bits per heavy atom. The molecule has 0 aliphatic carbocycles. The van der Waals surface area contributed by atoms with Gasteiger partial charge in [-0.05, 0) is 74.6 Å². The van der Waals surface area contributed by atoms with E-state index in [0.717, 1.165) is 0 Å². The van der Waals surface area contributed by atoms with Crippen molar-refractivity contribution >= 4 is 25.8 Å². The molecular weight excluding hydrogens is 439 g/mol. The number of amides is 2. The van der Waals surface area contributed by atoms with Crippen LogP contribution in [0.1, 0.15) is 75.2 Å². The van der Waals surface area contributed by atoms with Crippen LogP contribution in [0.2, 0.25) is 6.32 Å². The number of rotatable bonds is 14. The Bertz CT molecular complexity index is 642. The zero-order valence-electron chi connectivity index (χ0n) is 22.6. The molecule has 0 saturated heterocycles. The number of hydrogen-bond donors (Lipinski definition) is 1. The standard InChI is InChI=1S/C24H45BN2O7/c1-10-12-31-20(29)16-27(19(28)14-25)15-18(26-21(30)34-23(5,6)7)17-33-24(8,9)11-13-32-22(2,3)4/h18H,10-17H2,1-9H3,(H,26,30). The summed E-state index contributed by atoms with van der Waals surface area (Å²) in [6.07, 6.45) is 0.361. The molecule has 0 aromatic heterocycles. The third-order valence-corrected chi connectivity index (χ3v) is 4.39. The largest absolute Gasteiger partial charge is 0.464 e.